The summed E-state index contributed by atoms with van der Waals surface area (Å²) in [4.78, 5) is 47.2. The minimum atomic E-state index is -1.60. The highest BCUT2D eigenvalue weighted by molar-refractivity contribution is 7.99. The van der Waals surface area contributed by atoms with E-state index in [9.17, 15) is 19.2 Å². The Bertz CT molecular complexity index is 926. The SMILES string of the molecule is CC(=O)OCC1O[C@@H](OCCCCSCCC[Si](C)(C)O[SiH2]CCC[Si](C)(C)O[SiH3])[C@@H](OC(C)=O)C(OC(C)=O)[C@@H]1OC(C)=O. The third kappa shape index (κ3) is 18.8. The summed E-state index contributed by atoms with van der Waals surface area (Å²) in [5, 5.41) is 0. The van der Waals surface area contributed by atoms with Gasteiger partial charge in [-0.3, -0.25) is 19.2 Å². The molecule has 1 saturated heterocycles. The highest BCUT2D eigenvalue weighted by atomic mass is 32.2. The molecule has 0 spiro atoms. The normalized spacial score (nSPS) is 22.4. The molecule has 1 fully saturated rings. The first-order valence-corrected chi connectivity index (χ1v) is 25.5. The number of hydrogen-bond acceptors (Lipinski definition) is 13. The molecule has 0 aliphatic carbocycles. The van der Waals surface area contributed by atoms with E-state index in [2.05, 4.69) is 26.2 Å². The highest BCUT2D eigenvalue weighted by Crippen LogP contribution is 2.30. The van der Waals surface area contributed by atoms with Crippen LogP contribution in [-0.4, -0.2) is 116 Å². The van der Waals surface area contributed by atoms with Crippen LogP contribution in [0.2, 0.25) is 44.3 Å². The summed E-state index contributed by atoms with van der Waals surface area (Å²) in [6.07, 6.45) is -1.75. The van der Waals surface area contributed by atoms with Gasteiger partial charge in [-0.05, 0) is 75.1 Å². The minimum absolute atomic E-state index is 0.281. The largest absolute Gasteiger partial charge is 0.463 e. The van der Waals surface area contributed by atoms with Crippen LogP contribution in [0.5, 0.6) is 0 Å². The number of unbranched alkanes of at least 4 members (excludes halogenated alkanes) is 1. The van der Waals surface area contributed by atoms with E-state index in [0.29, 0.717) is 6.61 Å². The van der Waals surface area contributed by atoms with E-state index >= 15 is 0 Å². The molecule has 1 rings (SSSR count). The lowest BCUT2D eigenvalue weighted by molar-refractivity contribution is -0.308. The van der Waals surface area contributed by atoms with Gasteiger partial charge in [-0.1, -0.05) is 6.42 Å². The Kier molecular flexibility index (Phi) is 20.3. The van der Waals surface area contributed by atoms with Gasteiger partial charge in [0, 0.05) is 34.3 Å². The van der Waals surface area contributed by atoms with Gasteiger partial charge >= 0.3 is 23.9 Å². The Balaban J connectivity index is 2.53. The van der Waals surface area contributed by atoms with Gasteiger partial charge in [0.2, 0.25) is 0 Å². The topological polar surface area (TPSA) is 142 Å². The molecule has 0 N–H and O–H groups in total. The number of carbonyl (C=O) groups is 4. The summed E-state index contributed by atoms with van der Waals surface area (Å²) < 4.78 is 45.5. The minimum Gasteiger partial charge on any atom is -0.463 e. The van der Waals surface area contributed by atoms with Crippen molar-refractivity contribution < 1.29 is 55.8 Å². The second-order valence-electron chi connectivity index (χ2n) is 12.4. The van der Waals surface area contributed by atoms with Crippen LogP contribution in [0.25, 0.3) is 0 Å². The first kappa shape index (κ1) is 42.0. The van der Waals surface area contributed by atoms with Crippen molar-refractivity contribution >= 4 is 72.5 Å². The fourth-order valence-electron chi connectivity index (χ4n) is 4.71. The van der Waals surface area contributed by atoms with Crippen LogP contribution in [0, 0.1) is 0 Å². The molecule has 1 heterocycles. The number of ether oxygens (including phenoxy) is 6. The molecule has 17 heteroatoms. The van der Waals surface area contributed by atoms with Crippen molar-refractivity contribution in [1.29, 1.82) is 0 Å². The number of thioether (sulfide) groups is 1. The van der Waals surface area contributed by atoms with Crippen LogP contribution in [0.4, 0.5) is 0 Å². The highest BCUT2D eigenvalue weighted by Gasteiger charge is 2.52. The molecular weight excluding hydrogens is 673 g/mol. The van der Waals surface area contributed by atoms with Crippen LogP contribution in [0.1, 0.15) is 53.4 Å². The van der Waals surface area contributed by atoms with Crippen LogP contribution < -0.4 is 0 Å². The zero-order valence-electron chi connectivity index (χ0n) is 28.7. The van der Waals surface area contributed by atoms with Crippen molar-refractivity contribution in [3.8, 4) is 0 Å². The predicted octanol–water partition coefficient (Wildman–Crippen LogP) is 2.61. The zero-order chi connectivity index (χ0) is 34.0. The second-order valence-corrected chi connectivity index (χ2v) is 25.6. The summed E-state index contributed by atoms with van der Waals surface area (Å²) in [6, 6.07) is 3.65. The maximum absolute atomic E-state index is 11.9. The molecule has 0 bridgehead atoms. The van der Waals surface area contributed by atoms with E-state index in [0.717, 1.165) is 41.3 Å². The van der Waals surface area contributed by atoms with Gasteiger partial charge in [0.15, 0.2) is 41.2 Å². The lowest BCUT2D eigenvalue weighted by Gasteiger charge is -2.44. The molecule has 0 amide bonds. The average Bonchev–Trinajstić information content (AvgIpc) is 2.92. The summed E-state index contributed by atoms with van der Waals surface area (Å²) in [7, 11) is -2.61. The third-order valence-corrected chi connectivity index (χ3v) is 20.6. The first-order chi connectivity index (χ1) is 21.1. The van der Waals surface area contributed by atoms with Crippen molar-refractivity contribution in [2.24, 2.45) is 0 Å². The fourth-order valence-corrected chi connectivity index (χ4v) is 13.2. The van der Waals surface area contributed by atoms with Crippen LogP contribution in [0.3, 0.4) is 0 Å². The number of rotatable bonds is 22. The van der Waals surface area contributed by atoms with Crippen molar-refractivity contribution in [3.05, 3.63) is 0 Å². The third-order valence-electron chi connectivity index (χ3n) is 7.20. The Morgan fingerprint density at radius 2 is 1.33 bits per heavy atom. The summed E-state index contributed by atoms with van der Waals surface area (Å²) in [5.41, 5.74) is 0. The second kappa shape index (κ2) is 21.7. The molecule has 0 aromatic carbocycles. The van der Waals surface area contributed by atoms with Crippen molar-refractivity contribution in [2.45, 2.75) is 128 Å². The Labute approximate surface area is 280 Å². The average molecular weight is 729 g/mol. The first-order valence-electron chi connectivity index (χ1n) is 15.8. The Hall–Kier alpha value is -1.06. The molecule has 0 saturated carbocycles. The van der Waals surface area contributed by atoms with E-state index in [1.54, 1.807) is 0 Å². The van der Waals surface area contributed by atoms with Gasteiger partial charge in [-0.2, -0.15) is 11.8 Å². The van der Waals surface area contributed by atoms with E-state index in [1.807, 2.05) is 11.8 Å². The molecule has 1 aliphatic rings. The van der Waals surface area contributed by atoms with Crippen LogP contribution in [0.15, 0.2) is 0 Å². The van der Waals surface area contributed by atoms with Crippen molar-refractivity contribution in [2.75, 3.05) is 24.7 Å². The van der Waals surface area contributed by atoms with E-state index < -0.39 is 81.0 Å². The van der Waals surface area contributed by atoms with Gasteiger partial charge in [0.25, 0.3) is 0 Å². The Morgan fingerprint density at radius 1 is 0.756 bits per heavy atom. The van der Waals surface area contributed by atoms with E-state index in [-0.39, 0.29) is 6.61 Å². The lowest BCUT2D eigenvalue weighted by atomic mass is 9.98. The number of hydrogen-bond donors (Lipinski definition) is 0. The molecule has 2 unspecified atom stereocenters. The smallest absolute Gasteiger partial charge is 0.303 e. The van der Waals surface area contributed by atoms with Gasteiger partial charge in [0.1, 0.15) is 33.0 Å². The van der Waals surface area contributed by atoms with E-state index in [4.69, 9.17) is 36.7 Å². The van der Waals surface area contributed by atoms with Gasteiger partial charge in [-0.15, -0.1) is 0 Å². The molecule has 0 aromatic heterocycles. The maximum atomic E-state index is 11.9. The van der Waals surface area contributed by atoms with Gasteiger partial charge in [-0.25, -0.2) is 0 Å². The van der Waals surface area contributed by atoms with Crippen molar-refractivity contribution in [3.63, 3.8) is 0 Å². The zero-order valence-corrected chi connectivity index (χ0v) is 34.9. The molecule has 0 radical (unpaired) electrons. The standard InChI is InChI=1S/C28H56O12SSi4/c1-20(29)34-19-24-25(35-21(2)30)26(36-22(3)31)27(37-23(4)32)28(38-24)33-13-9-10-14-41-15-11-17-45(7,8)40-43-16-12-18-44(5,6)39-42/h24-28H,9-19,43H2,1-8,42H3/t24?,25-,26?,27+,28-/m1/s1. The summed E-state index contributed by atoms with van der Waals surface area (Å²) >= 11 is 1.91. The molecule has 1 aliphatic heterocycles. The quantitative estimate of drug-likeness (QED) is 0.0699. The summed E-state index contributed by atoms with van der Waals surface area (Å²) in [5.74, 6) is -0.517. The van der Waals surface area contributed by atoms with Gasteiger partial charge < -0.3 is 36.7 Å². The molecule has 45 heavy (non-hydrogen) atoms. The van der Waals surface area contributed by atoms with E-state index in [1.165, 1.54) is 52.2 Å². The van der Waals surface area contributed by atoms with Crippen LogP contribution >= 0.6 is 11.8 Å². The molecule has 5 atom stereocenters. The molecule has 262 valence electrons. The van der Waals surface area contributed by atoms with Gasteiger partial charge in [0.05, 0.1) is 0 Å². The van der Waals surface area contributed by atoms with Crippen LogP contribution in [-0.2, 0) is 55.8 Å². The molecule has 0 aromatic rings. The predicted molar refractivity (Wildman–Crippen MR) is 184 cm³/mol. The molecular formula is C28H56O12SSi4. The Morgan fingerprint density at radius 3 is 1.93 bits per heavy atom. The fraction of sp³-hybridized carbons (Fsp3) is 0.857. The van der Waals surface area contributed by atoms with Crippen molar-refractivity contribution in [1.82, 2.24) is 0 Å². The molecule has 12 nitrogen and oxygen atoms in total. The number of carbonyl (C=O) groups excluding carboxylic acids is 4. The monoisotopic (exact) mass is 728 g/mol. The maximum Gasteiger partial charge on any atom is 0.303 e. The lowest BCUT2D eigenvalue weighted by Crippen LogP contribution is -2.63. The number of esters is 4. The summed E-state index contributed by atoms with van der Waals surface area (Å²) in [6.45, 7) is 14.1.